The van der Waals surface area contributed by atoms with Gasteiger partial charge in [-0.05, 0) is 25.8 Å². The van der Waals surface area contributed by atoms with Crippen LogP contribution < -0.4 is 10.0 Å². The molecule has 1 fully saturated rings. The second-order valence-corrected chi connectivity index (χ2v) is 6.68. The maximum Gasteiger partial charge on any atom is 0.260 e. The quantitative estimate of drug-likeness (QED) is 0.666. The number of aromatic nitrogens is 2. The Kier molecular flexibility index (Phi) is 5.14. The number of aryl methyl sites for hydroxylation is 1. The summed E-state index contributed by atoms with van der Waals surface area (Å²) in [5.74, 6) is 0.252. The Morgan fingerprint density at radius 2 is 2.30 bits per heavy atom. The van der Waals surface area contributed by atoms with Gasteiger partial charge in [-0.15, -0.1) is 0 Å². The molecule has 1 aromatic rings. The van der Waals surface area contributed by atoms with Crippen LogP contribution in [0.25, 0.3) is 0 Å². The van der Waals surface area contributed by atoms with Crippen LogP contribution in [0.5, 0.6) is 0 Å². The summed E-state index contributed by atoms with van der Waals surface area (Å²) in [5.41, 5.74) is 1.47. The van der Waals surface area contributed by atoms with E-state index in [0.717, 1.165) is 18.7 Å². The molecule has 0 saturated carbocycles. The molecule has 1 unspecified atom stereocenters. The standard InChI is InChI=1S/C12H22N4O3S/c1-3-13-7-11-9(2)15-16-12(11)20(17,18)14-6-10-4-5-19-8-10/h10,13-14H,3-8H2,1-2H3,(H,15,16). The lowest BCUT2D eigenvalue weighted by atomic mass is 10.1. The number of rotatable bonds is 7. The summed E-state index contributed by atoms with van der Waals surface area (Å²) < 4.78 is 32.5. The average molecular weight is 302 g/mol. The molecule has 0 bridgehead atoms. The molecule has 0 spiro atoms. The van der Waals surface area contributed by atoms with E-state index in [1.54, 1.807) is 0 Å². The van der Waals surface area contributed by atoms with Gasteiger partial charge in [-0.2, -0.15) is 5.10 Å². The Morgan fingerprint density at radius 1 is 1.50 bits per heavy atom. The van der Waals surface area contributed by atoms with Gasteiger partial charge in [0.25, 0.3) is 10.0 Å². The second kappa shape index (κ2) is 6.66. The highest BCUT2D eigenvalue weighted by Gasteiger charge is 2.25. The Morgan fingerprint density at radius 3 is 2.95 bits per heavy atom. The third-order valence-electron chi connectivity index (χ3n) is 3.43. The number of hydrogen-bond acceptors (Lipinski definition) is 5. The highest BCUT2D eigenvalue weighted by Crippen LogP contribution is 2.17. The Balaban J connectivity index is 2.07. The topological polar surface area (TPSA) is 96.1 Å². The smallest absolute Gasteiger partial charge is 0.260 e. The van der Waals surface area contributed by atoms with E-state index in [1.807, 2.05) is 13.8 Å². The number of nitrogens with one attached hydrogen (secondary N) is 3. The molecular formula is C12H22N4O3S. The van der Waals surface area contributed by atoms with Gasteiger partial charge < -0.3 is 10.1 Å². The van der Waals surface area contributed by atoms with Gasteiger partial charge in [-0.3, -0.25) is 5.10 Å². The lowest BCUT2D eigenvalue weighted by Crippen LogP contribution is -2.31. The third-order valence-corrected chi connectivity index (χ3v) is 4.82. The van der Waals surface area contributed by atoms with Crippen LogP contribution in [0.15, 0.2) is 5.03 Å². The van der Waals surface area contributed by atoms with Gasteiger partial charge in [0, 0.05) is 31.0 Å². The summed E-state index contributed by atoms with van der Waals surface area (Å²) in [6.07, 6.45) is 0.895. The van der Waals surface area contributed by atoms with Gasteiger partial charge in [0.05, 0.1) is 6.61 Å². The molecule has 0 aromatic carbocycles. The van der Waals surface area contributed by atoms with Gasteiger partial charge in [-0.25, -0.2) is 13.1 Å². The Hall–Kier alpha value is -0.960. The molecule has 2 heterocycles. The fourth-order valence-electron chi connectivity index (χ4n) is 2.15. The van der Waals surface area contributed by atoms with E-state index in [1.165, 1.54) is 0 Å². The Labute approximate surface area is 119 Å². The molecule has 1 aliphatic heterocycles. The first-order valence-electron chi connectivity index (χ1n) is 6.86. The molecule has 1 aliphatic rings. The molecule has 1 saturated heterocycles. The van der Waals surface area contributed by atoms with Crippen LogP contribution in [0.3, 0.4) is 0 Å². The third kappa shape index (κ3) is 3.57. The predicted octanol–water partition coefficient (Wildman–Crippen LogP) is 0.142. The fourth-order valence-corrected chi connectivity index (χ4v) is 3.46. The zero-order valence-corrected chi connectivity index (χ0v) is 12.7. The van der Waals surface area contributed by atoms with E-state index in [0.29, 0.717) is 31.9 Å². The van der Waals surface area contributed by atoms with E-state index >= 15 is 0 Å². The molecule has 0 amide bonds. The number of ether oxygens (including phenoxy) is 1. The SMILES string of the molecule is CCNCc1c(S(=O)(=O)NCC2CCOC2)n[nH]c1C. The van der Waals surface area contributed by atoms with E-state index in [9.17, 15) is 8.42 Å². The van der Waals surface area contributed by atoms with Gasteiger partial charge in [-0.1, -0.05) is 6.92 Å². The van der Waals surface area contributed by atoms with Crippen molar-refractivity contribution in [3.8, 4) is 0 Å². The summed E-state index contributed by atoms with van der Waals surface area (Å²) >= 11 is 0. The largest absolute Gasteiger partial charge is 0.381 e. The van der Waals surface area contributed by atoms with Crippen molar-refractivity contribution in [3.63, 3.8) is 0 Å². The summed E-state index contributed by atoms with van der Waals surface area (Å²) in [6.45, 7) is 6.78. The normalized spacial score (nSPS) is 19.6. The van der Waals surface area contributed by atoms with E-state index in [2.05, 4.69) is 20.2 Å². The minimum Gasteiger partial charge on any atom is -0.381 e. The number of aromatic amines is 1. The molecule has 0 aliphatic carbocycles. The lowest BCUT2D eigenvalue weighted by molar-refractivity contribution is 0.186. The maximum atomic E-state index is 12.3. The van der Waals surface area contributed by atoms with Crippen molar-refractivity contribution in [2.45, 2.75) is 31.8 Å². The van der Waals surface area contributed by atoms with Crippen molar-refractivity contribution in [1.29, 1.82) is 0 Å². The summed E-state index contributed by atoms with van der Waals surface area (Å²) in [6, 6.07) is 0. The number of nitrogens with zero attached hydrogens (tertiary/aromatic N) is 1. The predicted molar refractivity (Wildman–Crippen MR) is 74.8 cm³/mol. The molecule has 1 atom stereocenters. The van der Waals surface area contributed by atoms with E-state index in [-0.39, 0.29) is 10.9 Å². The lowest BCUT2D eigenvalue weighted by Gasteiger charge is -2.10. The summed E-state index contributed by atoms with van der Waals surface area (Å²) in [5, 5.41) is 9.91. The maximum absolute atomic E-state index is 12.3. The molecular weight excluding hydrogens is 280 g/mol. The molecule has 7 nitrogen and oxygen atoms in total. The van der Waals surface area contributed by atoms with Crippen molar-refractivity contribution in [3.05, 3.63) is 11.3 Å². The van der Waals surface area contributed by atoms with Crippen molar-refractivity contribution >= 4 is 10.0 Å². The molecule has 20 heavy (non-hydrogen) atoms. The highest BCUT2D eigenvalue weighted by molar-refractivity contribution is 7.89. The fraction of sp³-hybridized carbons (Fsp3) is 0.750. The first-order valence-corrected chi connectivity index (χ1v) is 8.35. The number of hydrogen-bond donors (Lipinski definition) is 3. The molecule has 114 valence electrons. The van der Waals surface area contributed by atoms with Crippen molar-refractivity contribution < 1.29 is 13.2 Å². The van der Waals surface area contributed by atoms with Crippen LogP contribution in [0.4, 0.5) is 0 Å². The molecule has 1 aromatic heterocycles. The minimum atomic E-state index is -3.58. The van der Waals surface area contributed by atoms with Crippen molar-refractivity contribution in [2.24, 2.45) is 5.92 Å². The van der Waals surface area contributed by atoms with Crippen molar-refractivity contribution in [2.75, 3.05) is 26.3 Å². The first kappa shape index (κ1) is 15.4. The van der Waals surface area contributed by atoms with E-state index in [4.69, 9.17) is 4.74 Å². The van der Waals surface area contributed by atoms with Crippen LogP contribution in [0, 0.1) is 12.8 Å². The summed E-state index contributed by atoms with van der Waals surface area (Å²) in [4.78, 5) is 0. The van der Waals surface area contributed by atoms with Crippen molar-refractivity contribution in [1.82, 2.24) is 20.2 Å². The zero-order chi connectivity index (χ0) is 14.6. The van der Waals surface area contributed by atoms with Crippen LogP contribution >= 0.6 is 0 Å². The second-order valence-electron chi connectivity index (χ2n) is 4.99. The molecule has 8 heteroatoms. The zero-order valence-electron chi connectivity index (χ0n) is 11.9. The summed E-state index contributed by atoms with van der Waals surface area (Å²) in [7, 11) is -3.58. The minimum absolute atomic E-state index is 0.0925. The van der Waals surface area contributed by atoms with Crippen LogP contribution in [-0.2, 0) is 21.3 Å². The number of H-pyrrole nitrogens is 1. The molecule has 0 radical (unpaired) electrons. The van der Waals surface area contributed by atoms with Crippen LogP contribution in [0.2, 0.25) is 0 Å². The molecule has 2 rings (SSSR count). The van der Waals surface area contributed by atoms with Gasteiger partial charge in [0.1, 0.15) is 0 Å². The highest BCUT2D eigenvalue weighted by atomic mass is 32.2. The van der Waals surface area contributed by atoms with Gasteiger partial charge in [0.15, 0.2) is 5.03 Å². The van der Waals surface area contributed by atoms with Crippen LogP contribution in [-0.4, -0.2) is 44.9 Å². The van der Waals surface area contributed by atoms with Gasteiger partial charge >= 0.3 is 0 Å². The average Bonchev–Trinajstić information content (AvgIpc) is 3.04. The van der Waals surface area contributed by atoms with Crippen LogP contribution in [0.1, 0.15) is 24.6 Å². The Bertz CT molecular complexity index is 535. The van der Waals surface area contributed by atoms with Gasteiger partial charge in [0.2, 0.25) is 0 Å². The number of sulfonamides is 1. The molecule has 3 N–H and O–H groups in total. The first-order chi connectivity index (χ1) is 9.54. The monoisotopic (exact) mass is 302 g/mol. The van der Waals surface area contributed by atoms with E-state index < -0.39 is 10.0 Å².